The first-order valence-corrected chi connectivity index (χ1v) is 9.43. The monoisotopic (exact) mass is 432 g/mol. The molecule has 3 aromatic heterocycles. The van der Waals surface area contributed by atoms with E-state index in [1.165, 1.54) is 24.5 Å². The number of carbonyl (C=O) groups is 1. The molecule has 1 aromatic carbocycles. The van der Waals surface area contributed by atoms with Gasteiger partial charge in [0, 0.05) is 10.9 Å². The van der Waals surface area contributed by atoms with E-state index in [4.69, 9.17) is 19.6 Å². The minimum atomic E-state index is -4.70. The molecule has 2 N–H and O–H groups in total. The summed E-state index contributed by atoms with van der Waals surface area (Å²) in [5, 5.41) is -0.299. The van der Waals surface area contributed by atoms with Gasteiger partial charge in [-0.2, -0.15) is 13.2 Å². The smallest absolute Gasteiger partial charge is 0.417 e. The number of alkyl halides is 3. The van der Waals surface area contributed by atoms with E-state index < -0.39 is 17.5 Å². The van der Waals surface area contributed by atoms with Gasteiger partial charge in [0.2, 0.25) is 12.6 Å². The Balaban J connectivity index is 1.68. The summed E-state index contributed by atoms with van der Waals surface area (Å²) >= 11 is 0.802. The van der Waals surface area contributed by atoms with Crippen LogP contribution in [0.15, 0.2) is 47.1 Å². The summed E-state index contributed by atoms with van der Waals surface area (Å²) in [6.45, 7) is 0.0341. The van der Waals surface area contributed by atoms with E-state index in [0.29, 0.717) is 11.5 Å². The zero-order chi connectivity index (χ0) is 21.0. The van der Waals surface area contributed by atoms with Gasteiger partial charge in [0.05, 0.1) is 17.5 Å². The van der Waals surface area contributed by atoms with Crippen molar-refractivity contribution in [2.75, 3.05) is 12.5 Å². The molecule has 5 rings (SSSR count). The first kappa shape index (κ1) is 18.5. The van der Waals surface area contributed by atoms with Gasteiger partial charge in [-0.25, -0.2) is 4.98 Å². The molecule has 0 saturated carbocycles. The van der Waals surface area contributed by atoms with E-state index in [9.17, 15) is 18.0 Å². The number of carbonyl (C=O) groups excluding carboxylic acids is 1. The summed E-state index contributed by atoms with van der Waals surface area (Å²) in [6, 6.07) is 8.47. The van der Waals surface area contributed by atoms with E-state index in [1.54, 1.807) is 12.1 Å². The summed E-state index contributed by atoms with van der Waals surface area (Å²) in [5.74, 6) is 0.522. The highest BCUT2D eigenvalue weighted by Gasteiger charge is 2.36. The number of aromatic nitrogens is 1. The molecule has 1 aliphatic rings. The van der Waals surface area contributed by atoms with Gasteiger partial charge >= 0.3 is 6.18 Å². The Hall–Kier alpha value is -3.53. The normalized spacial score (nSPS) is 13.2. The number of rotatable bonds is 3. The topological polar surface area (TPSA) is 87.6 Å². The molecule has 0 unspecified atom stereocenters. The van der Waals surface area contributed by atoms with Gasteiger partial charge in [0.1, 0.15) is 15.4 Å². The van der Waals surface area contributed by atoms with Crippen molar-refractivity contribution in [1.82, 2.24) is 4.98 Å². The molecular weight excluding hydrogens is 421 g/mol. The van der Waals surface area contributed by atoms with Crippen molar-refractivity contribution in [2.24, 2.45) is 0 Å². The van der Waals surface area contributed by atoms with Crippen LogP contribution in [0.2, 0.25) is 0 Å². The lowest BCUT2D eigenvalue weighted by Crippen LogP contribution is -2.08. The molecule has 0 spiro atoms. The predicted octanol–water partition coefficient (Wildman–Crippen LogP) is 5.12. The van der Waals surface area contributed by atoms with Crippen molar-refractivity contribution in [2.45, 2.75) is 6.18 Å². The van der Waals surface area contributed by atoms with E-state index in [1.807, 2.05) is 0 Å². The van der Waals surface area contributed by atoms with Crippen molar-refractivity contribution in [3.05, 3.63) is 58.7 Å². The van der Waals surface area contributed by atoms with Crippen LogP contribution in [0.25, 0.3) is 21.7 Å². The average Bonchev–Trinajstić information content (AvgIpc) is 3.45. The molecular formula is C20H11F3N2O4S. The van der Waals surface area contributed by atoms with Crippen LogP contribution >= 0.6 is 11.3 Å². The number of halogens is 3. The summed E-state index contributed by atoms with van der Waals surface area (Å²) < 4.78 is 57.0. The van der Waals surface area contributed by atoms with Crippen LogP contribution in [0.3, 0.4) is 0 Å². The third kappa shape index (κ3) is 2.88. The number of nitrogens with two attached hydrogens (primary N) is 1. The number of fused-ring (bicyclic) bond motifs is 2. The molecule has 0 bridgehead atoms. The van der Waals surface area contributed by atoms with Gasteiger partial charge in [0.25, 0.3) is 0 Å². The fourth-order valence-corrected chi connectivity index (χ4v) is 4.31. The first-order valence-electron chi connectivity index (χ1n) is 8.61. The maximum absolute atomic E-state index is 13.8. The van der Waals surface area contributed by atoms with Crippen molar-refractivity contribution in [1.29, 1.82) is 0 Å². The lowest BCUT2D eigenvalue weighted by atomic mass is 10.0. The Labute approximate surface area is 170 Å². The molecule has 0 fully saturated rings. The first-order chi connectivity index (χ1) is 14.3. The number of thiophene rings is 1. The van der Waals surface area contributed by atoms with Gasteiger partial charge in [-0.1, -0.05) is 0 Å². The van der Waals surface area contributed by atoms with E-state index in [-0.39, 0.29) is 44.6 Å². The Morgan fingerprint density at radius 2 is 1.93 bits per heavy atom. The average molecular weight is 432 g/mol. The predicted molar refractivity (Wildman–Crippen MR) is 103 cm³/mol. The van der Waals surface area contributed by atoms with Gasteiger partial charge in [-0.3, -0.25) is 4.79 Å². The third-order valence-corrected chi connectivity index (χ3v) is 5.72. The van der Waals surface area contributed by atoms with Crippen LogP contribution in [0.4, 0.5) is 18.9 Å². The highest BCUT2D eigenvalue weighted by molar-refractivity contribution is 7.21. The molecule has 10 heteroatoms. The number of benzene rings is 1. The van der Waals surface area contributed by atoms with Crippen molar-refractivity contribution < 1.29 is 31.9 Å². The van der Waals surface area contributed by atoms with Crippen LogP contribution in [-0.4, -0.2) is 17.6 Å². The molecule has 0 radical (unpaired) electrons. The zero-order valence-corrected chi connectivity index (χ0v) is 15.8. The molecule has 1 aliphatic heterocycles. The summed E-state index contributed by atoms with van der Waals surface area (Å²) in [6.07, 6.45) is -3.36. The third-order valence-electron chi connectivity index (χ3n) is 4.62. The quantitative estimate of drug-likeness (QED) is 0.453. The number of pyridine rings is 1. The van der Waals surface area contributed by atoms with E-state index in [2.05, 4.69) is 4.98 Å². The fourth-order valence-electron chi connectivity index (χ4n) is 3.23. The maximum atomic E-state index is 13.8. The highest BCUT2D eigenvalue weighted by Crippen LogP contribution is 2.44. The Morgan fingerprint density at radius 1 is 1.13 bits per heavy atom. The Morgan fingerprint density at radius 3 is 2.67 bits per heavy atom. The van der Waals surface area contributed by atoms with E-state index >= 15 is 0 Å². The summed E-state index contributed by atoms with van der Waals surface area (Å²) in [7, 11) is 0. The molecule has 152 valence electrons. The molecule has 0 amide bonds. The molecule has 0 atom stereocenters. The summed E-state index contributed by atoms with van der Waals surface area (Å²) in [5.41, 5.74) is 5.01. The van der Waals surface area contributed by atoms with Crippen LogP contribution in [0.1, 0.15) is 20.8 Å². The zero-order valence-electron chi connectivity index (χ0n) is 14.9. The second kappa shape index (κ2) is 6.49. The molecule has 0 aliphatic carbocycles. The van der Waals surface area contributed by atoms with Crippen LogP contribution in [0, 0.1) is 0 Å². The second-order valence-electron chi connectivity index (χ2n) is 6.45. The minimum absolute atomic E-state index is 0.00202. The van der Waals surface area contributed by atoms with Gasteiger partial charge in [-0.15, -0.1) is 11.3 Å². The minimum Gasteiger partial charge on any atom is -0.463 e. The second-order valence-corrected chi connectivity index (χ2v) is 7.45. The lowest BCUT2D eigenvalue weighted by Gasteiger charge is -2.10. The number of hydrogen-bond acceptors (Lipinski definition) is 7. The number of ketones is 1. The standard InChI is InChI=1S/C20H11F3N2O4S/c21-20(22,23)10-7-11(12-2-1-5-27-12)25-19-15(10)16(24)18(30-19)17(26)9-3-4-13-14(6-9)29-8-28-13/h1-7H,8,24H2. The Kier molecular flexibility index (Phi) is 4.00. The number of ether oxygens (including phenoxy) is 2. The van der Waals surface area contributed by atoms with Gasteiger partial charge in [-0.05, 0) is 36.4 Å². The SMILES string of the molecule is Nc1c(C(=O)c2ccc3c(c2)OCO3)sc2nc(-c3ccco3)cc(C(F)(F)F)c12. The number of nitrogens with zero attached hydrogens (tertiary/aromatic N) is 1. The van der Waals surface area contributed by atoms with Crippen molar-refractivity contribution >= 4 is 33.0 Å². The van der Waals surface area contributed by atoms with Crippen molar-refractivity contribution in [3.63, 3.8) is 0 Å². The number of furan rings is 1. The molecule has 30 heavy (non-hydrogen) atoms. The van der Waals surface area contributed by atoms with Crippen molar-refractivity contribution in [3.8, 4) is 23.0 Å². The van der Waals surface area contributed by atoms with E-state index in [0.717, 1.165) is 17.4 Å². The van der Waals surface area contributed by atoms with Crippen LogP contribution < -0.4 is 15.2 Å². The fraction of sp³-hybridized carbons (Fsp3) is 0.100. The van der Waals surface area contributed by atoms with Crippen LogP contribution in [-0.2, 0) is 6.18 Å². The van der Waals surface area contributed by atoms with Gasteiger partial charge in [0.15, 0.2) is 17.3 Å². The molecule has 4 aromatic rings. The molecule has 4 heterocycles. The van der Waals surface area contributed by atoms with Crippen LogP contribution in [0.5, 0.6) is 11.5 Å². The summed E-state index contributed by atoms with van der Waals surface area (Å²) in [4.78, 5) is 17.2. The largest absolute Gasteiger partial charge is 0.463 e. The number of hydrogen-bond donors (Lipinski definition) is 1. The lowest BCUT2D eigenvalue weighted by molar-refractivity contribution is -0.136. The highest BCUT2D eigenvalue weighted by atomic mass is 32.1. The molecule has 6 nitrogen and oxygen atoms in total. The Bertz CT molecular complexity index is 1300. The number of anilines is 1. The molecule has 0 saturated heterocycles. The number of nitrogen functional groups attached to an aromatic ring is 1. The maximum Gasteiger partial charge on any atom is 0.417 e. The van der Waals surface area contributed by atoms with Gasteiger partial charge < -0.3 is 19.6 Å².